The fourth-order valence-electron chi connectivity index (χ4n) is 4.86. The third kappa shape index (κ3) is 3.80. The van der Waals surface area contributed by atoms with Crippen LogP contribution in [0.3, 0.4) is 0 Å². The molecular formula is C22H29N5O3. The fourth-order valence-corrected chi connectivity index (χ4v) is 4.86. The Labute approximate surface area is 175 Å². The predicted octanol–water partition coefficient (Wildman–Crippen LogP) is 2.11. The first kappa shape index (κ1) is 19.5. The number of carbonyl (C=O) groups excluding carboxylic acids is 2. The minimum atomic E-state index is -0.562. The Kier molecular flexibility index (Phi) is 5.18. The number of β-amino-alcohol motifs (C(OH)–C–C–N with tert-alkyl or cyclic N) is 1. The van der Waals surface area contributed by atoms with Gasteiger partial charge in [0.2, 0.25) is 5.91 Å². The van der Waals surface area contributed by atoms with Crippen LogP contribution in [0.2, 0.25) is 0 Å². The van der Waals surface area contributed by atoms with Gasteiger partial charge in [0.15, 0.2) is 5.65 Å². The van der Waals surface area contributed by atoms with Crippen LogP contribution in [0.5, 0.6) is 0 Å². The molecule has 0 aromatic carbocycles. The first-order chi connectivity index (χ1) is 14.6. The second kappa shape index (κ2) is 7.98. The van der Waals surface area contributed by atoms with Gasteiger partial charge in [-0.3, -0.25) is 9.59 Å². The van der Waals surface area contributed by atoms with E-state index in [2.05, 4.69) is 20.3 Å². The summed E-state index contributed by atoms with van der Waals surface area (Å²) < 4.78 is 0. The number of aliphatic hydroxyl groups is 1. The number of amides is 2. The molecule has 3 N–H and O–H groups in total. The number of likely N-dealkylation sites (tertiary alicyclic amines) is 1. The van der Waals surface area contributed by atoms with Gasteiger partial charge in [0.1, 0.15) is 11.6 Å². The van der Waals surface area contributed by atoms with Crippen molar-refractivity contribution >= 4 is 23.0 Å². The quantitative estimate of drug-likeness (QED) is 0.698. The van der Waals surface area contributed by atoms with E-state index in [9.17, 15) is 14.7 Å². The molecule has 2 amide bonds. The Morgan fingerprint density at radius 2 is 1.97 bits per heavy atom. The molecule has 0 bridgehead atoms. The van der Waals surface area contributed by atoms with E-state index in [1.807, 2.05) is 0 Å². The normalized spacial score (nSPS) is 23.6. The standard InChI is InChI=1S/C22H29N5O3/c28-15-8-9-27(12-15)22(30)18(14-4-2-1-3-5-14)26-21(29)16-10-23-20-19(16)25-17(11-24-20)13-6-7-13/h10-11,13-15,18,28H,1-9,12H2,(H,23,24)(H,26,29)/t15-,18?/m1/s1. The van der Waals surface area contributed by atoms with E-state index in [1.165, 1.54) is 6.42 Å². The molecule has 2 aliphatic carbocycles. The molecule has 3 aliphatic rings. The second-order valence-electron chi connectivity index (χ2n) is 9.04. The van der Waals surface area contributed by atoms with Gasteiger partial charge in [-0.15, -0.1) is 0 Å². The molecular weight excluding hydrogens is 382 g/mol. The van der Waals surface area contributed by atoms with Crippen LogP contribution in [0.4, 0.5) is 0 Å². The SMILES string of the molecule is O=C(NC(C(=O)N1CC[C@@H](O)C1)C1CCCCC1)c1c[nH]c2ncc(C3CC3)nc12. The Morgan fingerprint density at radius 1 is 1.17 bits per heavy atom. The highest BCUT2D eigenvalue weighted by Gasteiger charge is 2.37. The van der Waals surface area contributed by atoms with Gasteiger partial charge in [0.25, 0.3) is 5.91 Å². The number of hydrogen-bond donors (Lipinski definition) is 3. The van der Waals surface area contributed by atoms with Gasteiger partial charge < -0.3 is 20.3 Å². The number of carbonyl (C=O) groups is 2. The van der Waals surface area contributed by atoms with Crippen molar-refractivity contribution in [1.82, 2.24) is 25.2 Å². The largest absolute Gasteiger partial charge is 0.391 e. The minimum absolute atomic E-state index is 0.0728. The summed E-state index contributed by atoms with van der Waals surface area (Å²) in [5.41, 5.74) is 2.54. The van der Waals surface area contributed by atoms with Crippen molar-refractivity contribution in [1.29, 1.82) is 0 Å². The van der Waals surface area contributed by atoms with Gasteiger partial charge in [0.05, 0.1) is 23.6 Å². The van der Waals surface area contributed by atoms with Crippen LogP contribution >= 0.6 is 0 Å². The number of fused-ring (bicyclic) bond motifs is 1. The maximum atomic E-state index is 13.3. The molecule has 2 aromatic heterocycles. The third-order valence-corrected chi connectivity index (χ3v) is 6.79. The molecule has 3 heterocycles. The van der Waals surface area contributed by atoms with Gasteiger partial charge in [-0.1, -0.05) is 19.3 Å². The number of aliphatic hydroxyl groups excluding tert-OH is 1. The summed E-state index contributed by atoms with van der Waals surface area (Å²) >= 11 is 0. The monoisotopic (exact) mass is 411 g/mol. The van der Waals surface area contributed by atoms with Crippen LogP contribution in [-0.4, -0.2) is 62.0 Å². The number of aromatic amines is 1. The molecule has 5 rings (SSSR count). The van der Waals surface area contributed by atoms with E-state index < -0.39 is 12.1 Å². The molecule has 30 heavy (non-hydrogen) atoms. The Hall–Kier alpha value is -2.48. The van der Waals surface area contributed by atoms with E-state index in [4.69, 9.17) is 0 Å². The Bertz CT molecular complexity index is 947. The summed E-state index contributed by atoms with van der Waals surface area (Å²) in [5.74, 6) is 0.223. The molecule has 1 saturated heterocycles. The van der Waals surface area contributed by atoms with Gasteiger partial charge in [-0.25, -0.2) is 9.97 Å². The zero-order valence-corrected chi connectivity index (χ0v) is 17.1. The number of hydrogen-bond acceptors (Lipinski definition) is 5. The molecule has 160 valence electrons. The van der Waals surface area contributed by atoms with E-state index in [-0.39, 0.29) is 17.7 Å². The molecule has 2 aromatic rings. The molecule has 1 unspecified atom stereocenters. The van der Waals surface area contributed by atoms with Crippen LogP contribution in [0.15, 0.2) is 12.4 Å². The average Bonchev–Trinajstić information content (AvgIpc) is 3.39. The number of rotatable bonds is 5. The maximum absolute atomic E-state index is 13.3. The molecule has 8 nitrogen and oxygen atoms in total. The lowest BCUT2D eigenvalue weighted by Gasteiger charge is -2.32. The Morgan fingerprint density at radius 3 is 2.67 bits per heavy atom. The second-order valence-corrected chi connectivity index (χ2v) is 9.04. The predicted molar refractivity (Wildman–Crippen MR) is 111 cm³/mol. The van der Waals surface area contributed by atoms with E-state index in [1.54, 1.807) is 17.3 Å². The van der Waals surface area contributed by atoms with Gasteiger partial charge in [-0.2, -0.15) is 0 Å². The van der Waals surface area contributed by atoms with Crippen LogP contribution in [0.1, 0.15) is 73.3 Å². The average molecular weight is 412 g/mol. The lowest BCUT2D eigenvalue weighted by molar-refractivity contribution is -0.134. The van der Waals surface area contributed by atoms with Crippen molar-refractivity contribution in [2.75, 3.05) is 13.1 Å². The first-order valence-corrected chi connectivity index (χ1v) is 11.2. The minimum Gasteiger partial charge on any atom is -0.391 e. The van der Waals surface area contributed by atoms with Crippen molar-refractivity contribution in [3.8, 4) is 0 Å². The number of nitrogens with zero attached hydrogens (tertiary/aromatic N) is 3. The molecule has 8 heteroatoms. The number of aromatic nitrogens is 3. The van der Waals surface area contributed by atoms with E-state index >= 15 is 0 Å². The highest BCUT2D eigenvalue weighted by Crippen LogP contribution is 2.39. The summed E-state index contributed by atoms with van der Waals surface area (Å²) in [7, 11) is 0. The molecule has 0 spiro atoms. The highest BCUT2D eigenvalue weighted by molar-refractivity contribution is 6.06. The van der Waals surface area contributed by atoms with Gasteiger partial charge in [0, 0.05) is 25.2 Å². The van der Waals surface area contributed by atoms with E-state index in [0.29, 0.717) is 42.2 Å². The van der Waals surface area contributed by atoms with Crippen molar-refractivity contribution in [2.45, 2.75) is 69.4 Å². The molecule has 2 atom stereocenters. The summed E-state index contributed by atoms with van der Waals surface area (Å²) in [4.78, 5) is 40.4. The molecule has 3 fully saturated rings. The highest BCUT2D eigenvalue weighted by atomic mass is 16.3. The summed E-state index contributed by atoms with van der Waals surface area (Å²) in [6.45, 7) is 0.892. The van der Waals surface area contributed by atoms with E-state index in [0.717, 1.165) is 44.2 Å². The lowest BCUT2D eigenvalue weighted by Crippen LogP contribution is -2.52. The number of H-pyrrole nitrogens is 1. The van der Waals surface area contributed by atoms with Crippen LogP contribution in [0.25, 0.3) is 11.2 Å². The summed E-state index contributed by atoms with van der Waals surface area (Å²) in [6, 6.07) is -0.562. The topological polar surface area (TPSA) is 111 Å². The lowest BCUT2D eigenvalue weighted by atomic mass is 9.83. The maximum Gasteiger partial charge on any atom is 0.255 e. The fraction of sp³-hybridized carbons (Fsp3) is 0.636. The third-order valence-electron chi connectivity index (χ3n) is 6.79. The number of nitrogens with one attached hydrogen (secondary N) is 2. The summed E-state index contributed by atoms with van der Waals surface area (Å²) in [5, 5.41) is 12.9. The molecule has 2 saturated carbocycles. The van der Waals surface area contributed by atoms with Crippen LogP contribution < -0.4 is 5.32 Å². The smallest absolute Gasteiger partial charge is 0.255 e. The van der Waals surface area contributed by atoms with Crippen molar-refractivity contribution < 1.29 is 14.7 Å². The van der Waals surface area contributed by atoms with Crippen molar-refractivity contribution in [3.05, 3.63) is 23.7 Å². The molecule has 0 radical (unpaired) electrons. The van der Waals surface area contributed by atoms with Crippen molar-refractivity contribution in [2.24, 2.45) is 5.92 Å². The first-order valence-electron chi connectivity index (χ1n) is 11.2. The van der Waals surface area contributed by atoms with Gasteiger partial charge >= 0.3 is 0 Å². The zero-order chi connectivity index (χ0) is 20.7. The van der Waals surface area contributed by atoms with Crippen molar-refractivity contribution in [3.63, 3.8) is 0 Å². The zero-order valence-electron chi connectivity index (χ0n) is 17.1. The van der Waals surface area contributed by atoms with Crippen LogP contribution in [-0.2, 0) is 4.79 Å². The Balaban J connectivity index is 1.39. The molecule has 1 aliphatic heterocycles. The summed E-state index contributed by atoms with van der Waals surface area (Å²) in [6.07, 6.45) is 11.0. The van der Waals surface area contributed by atoms with Gasteiger partial charge in [-0.05, 0) is 38.0 Å². The van der Waals surface area contributed by atoms with Crippen LogP contribution in [0, 0.1) is 5.92 Å².